The Morgan fingerprint density at radius 2 is 2.00 bits per heavy atom. The number of carbonyl (C=O) groups excluding carboxylic acids is 2. The molecule has 1 heterocycles. The highest BCUT2D eigenvalue weighted by Gasteiger charge is 2.23. The lowest BCUT2D eigenvalue weighted by Gasteiger charge is -2.28. The largest absolute Gasteiger partial charge is 0.495 e. The number of hydrogen-bond acceptors (Lipinski definition) is 4. The molecule has 2 aromatic carbocycles. The number of carboxylic acids is 1. The second kappa shape index (κ2) is 8.56. The summed E-state index contributed by atoms with van der Waals surface area (Å²) in [4.78, 5) is 37.4. The standard InChI is InChI=1S/C21H22N2O5/c1-28-18-9-8-16(13-17(18)23-10-3-2-7-20(23)25)22-19(24)12-14-5-4-6-15(11-14)21(26)27/h4-6,8-9,11,13H,2-3,7,10,12H2,1H3,(H,22,24)(H,26,27). The summed E-state index contributed by atoms with van der Waals surface area (Å²) >= 11 is 0. The first-order valence-electron chi connectivity index (χ1n) is 9.08. The van der Waals surface area contributed by atoms with Gasteiger partial charge in [0.2, 0.25) is 11.8 Å². The number of nitrogens with zero attached hydrogens (tertiary/aromatic N) is 1. The number of methoxy groups -OCH3 is 1. The lowest BCUT2D eigenvalue weighted by molar-refractivity contribution is -0.119. The van der Waals surface area contributed by atoms with E-state index in [-0.39, 0.29) is 23.8 Å². The van der Waals surface area contributed by atoms with E-state index in [2.05, 4.69) is 5.32 Å². The molecule has 0 saturated carbocycles. The second-order valence-corrected chi connectivity index (χ2v) is 6.62. The highest BCUT2D eigenvalue weighted by atomic mass is 16.5. The van der Waals surface area contributed by atoms with Crippen molar-refractivity contribution in [1.29, 1.82) is 0 Å². The monoisotopic (exact) mass is 382 g/mol. The van der Waals surface area contributed by atoms with E-state index in [1.54, 1.807) is 42.3 Å². The number of aromatic carboxylic acids is 1. The summed E-state index contributed by atoms with van der Waals surface area (Å²) in [5.74, 6) is -0.696. The fourth-order valence-corrected chi connectivity index (χ4v) is 3.24. The molecule has 1 saturated heterocycles. The molecule has 0 radical (unpaired) electrons. The minimum Gasteiger partial charge on any atom is -0.495 e. The Bertz CT molecular complexity index is 909. The molecule has 0 spiro atoms. The molecule has 7 nitrogen and oxygen atoms in total. The first-order valence-corrected chi connectivity index (χ1v) is 9.08. The van der Waals surface area contributed by atoms with Crippen molar-refractivity contribution >= 4 is 29.2 Å². The number of hydrogen-bond donors (Lipinski definition) is 2. The average molecular weight is 382 g/mol. The predicted octanol–water partition coefficient (Wildman–Crippen LogP) is 3.09. The highest BCUT2D eigenvalue weighted by Crippen LogP contribution is 2.33. The molecule has 146 valence electrons. The molecule has 2 amide bonds. The first kappa shape index (κ1) is 19.4. The zero-order chi connectivity index (χ0) is 20.1. The van der Waals surface area contributed by atoms with Gasteiger partial charge in [0.25, 0.3) is 0 Å². The van der Waals surface area contributed by atoms with Crippen molar-refractivity contribution in [2.75, 3.05) is 23.9 Å². The van der Waals surface area contributed by atoms with Gasteiger partial charge < -0.3 is 20.1 Å². The van der Waals surface area contributed by atoms with Crippen LogP contribution >= 0.6 is 0 Å². The van der Waals surface area contributed by atoms with Crippen LogP contribution in [-0.4, -0.2) is 36.5 Å². The fraction of sp³-hybridized carbons (Fsp3) is 0.286. The third-order valence-electron chi connectivity index (χ3n) is 4.62. The molecular weight excluding hydrogens is 360 g/mol. The molecule has 0 unspecified atom stereocenters. The Morgan fingerprint density at radius 1 is 1.18 bits per heavy atom. The Kier molecular flexibility index (Phi) is 5.93. The van der Waals surface area contributed by atoms with E-state index in [0.29, 0.717) is 35.7 Å². The molecule has 1 aliphatic heterocycles. The van der Waals surface area contributed by atoms with Gasteiger partial charge in [-0.3, -0.25) is 9.59 Å². The van der Waals surface area contributed by atoms with Gasteiger partial charge in [-0.2, -0.15) is 0 Å². The molecule has 0 aromatic heterocycles. The normalized spacial score (nSPS) is 13.9. The molecule has 2 aromatic rings. The van der Waals surface area contributed by atoms with Crippen LogP contribution in [0.4, 0.5) is 11.4 Å². The number of anilines is 2. The van der Waals surface area contributed by atoms with E-state index in [0.717, 1.165) is 12.8 Å². The van der Waals surface area contributed by atoms with Crippen molar-refractivity contribution in [3.8, 4) is 5.75 Å². The van der Waals surface area contributed by atoms with Crippen molar-refractivity contribution < 1.29 is 24.2 Å². The summed E-state index contributed by atoms with van der Waals surface area (Å²) in [7, 11) is 1.54. The minimum absolute atomic E-state index is 0.0403. The Morgan fingerprint density at radius 3 is 2.71 bits per heavy atom. The summed E-state index contributed by atoms with van der Waals surface area (Å²) in [5.41, 5.74) is 1.93. The topological polar surface area (TPSA) is 95.9 Å². The summed E-state index contributed by atoms with van der Waals surface area (Å²) < 4.78 is 5.38. The number of carbonyl (C=O) groups is 3. The molecule has 3 rings (SSSR count). The SMILES string of the molecule is COc1ccc(NC(=O)Cc2cccc(C(=O)O)c2)cc1N1CCCCC1=O. The minimum atomic E-state index is -1.03. The fourth-order valence-electron chi connectivity index (χ4n) is 3.24. The van der Waals surface area contributed by atoms with Crippen LogP contribution in [0.15, 0.2) is 42.5 Å². The maximum atomic E-state index is 12.4. The molecule has 0 bridgehead atoms. The van der Waals surface area contributed by atoms with E-state index >= 15 is 0 Å². The van der Waals surface area contributed by atoms with Gasteiger partial charge >= 0.3 is 5.97 Å². The highest BCUT2D eigenvalue weighted by molar-refractivity contribution is 5.98. The van der Waals surface area contributed by atoms with Gasteiger partial charge in [-0.25, -0.2) is 4.79 Å². The van der Waals surface area contributed by atoms with Crippen LogP contribution in [0, 0.1) is 0 Å². The summed E-state index contributed by atoms with van der Waals surface area (Å²) in [6.07, 6.45) is 2.35. The smallest absolute Gasteiger partial charge is 0.335 e. The molecule has 2 N–H and O–H groups in total. The number of ether oxygens (including phenoxy) is 1. The molecule has 7 heteroatoms. The molecule has 1 fully saturated rings. The van der Waals surface area contributed by atoms with E-state index in [1.807, 2.05) is 0 Å². The van der Waals surface area contributed by atoms with Crippen molar-refractivity contribution in [2.24, 2.45) is 0 Å². The van der Waals surface area contributed by atoms with E-state index in [4.69, 9.17) is 9.84 Å². The molecule has 0 aliphatic carbocycles. The number of nitrogens with one attached hydrogen (secondary N) is 1. The molecule has 0 atom stereocenters. The van der Waals surface area contributed by atoms with E-state index in [1.165, 1.54) is 12.1 Å². The molecule has 1 aliphatic rings. The zero-order valence-corrected chi connectivity index (χ0v) is 15.6. The third-order valence-corrected chi connectivity index (χ3v) is 4.62. The Balaban J connectivity index is 1.76. The van der Waals surface area contributed by atoms with E-state index in [9.17, 15) is 14.4 Å². The molecule has 28 heavy (non-hydrogen) atoms. The Labute approximate surface area is 162 Å². The average Bonchev–Trinajstić information content (AvgIpc) is 2.68. The van der Waals surface area contributed by atoms with Gasteiger partial charge in [0.05, 0.1) is 24.8 Å². The number of amides is 2. The zero-order valence-electron chi connectivity index (χ0n) is 15.6. The number of rotatable bonds is 6. The van der Waals surface area contributed by atoms with Gasteiger partial charge in [-0.15, -0.1) is 0 Å². The second-order valence-electron chi connectivity index (χ2n) is 6.62. The van der Waals surface area contributed by atoms with Gasteiger partial charge in [0, 0.05) is 18.7 Å². The summed E-state index contributed by atoms with van der Waals surface area (Å²) in [5, 5.41) is 11.9. The lowest BCUT2D eigenvalue weighted by Crippen LogP contribution is -2.35. The number of benzene rings is 2. The van der Waals surface area contributed by atoms with E-state index < -0.39 is 5.97 Å². The van der Waals surface area contributed by atoms with Gasteiger partial charge in [-0.1, -0.05) is 12.1 Å². The van der Waals surface area contributed by atoms with Gasteiger partial charge in [0.1, 0.15) is 5.75 Å². The quantitative estimate of drug-likeness (QED) is 0.800. The first-order chi connectivity index (χ1) is 13.5. The summed E-state index contributed by atoms with van der Waals surface area (Å²) in [6.45, 7) is 0.620. The van der Waals surface area contributed by atoms with Crippen molar-refractivity contribution in [1.82, 2.24) is 0 Å². The van der Waals surface area contributed by atoms with Gasteiger partial charge in [0.15, 0.2) is 0 Å². The van der Waals surface area contributed by atoms with Crippen molar-refractivity contribution in [3.05, 3.63) is 53.6 Å². The van der Waals surface area contributed by atoms with Crippen molar-refractivity contribution in [3.63, 3.8) is 0 Å². The van der Waals surface area contributed by atoms with Crippen molar-refractivity contribution in [2.45, 2.75) is 25.7 Å². The lowest BCUT2D eigenvalue weighted by atomic mass is 10.1. The third kappa shape index (κ3) is 4.49. The predicted molar refractivity (Wildman–Crippen MR) is 105 cm³/mol. The van der Waals surface area contributed by atoms with Crippen LogP contribution in [0.1, 0.15) is 35.2 Å². The maximum absolute atomic E-state index is 12.4. The van der Waals surface area contributed by atoms with Crippen LogP contribution in [0.5, 0.6) is 5.75 Å². The maximum Gasteiger partial charge on any atom is 0.335 e. The van der Waals surface area contributed by atoms with Crippen LogP contribution in [0.3, 0.4) is 0 Å². The van der Waals surface area contributed by atoms with Gasteiger partial charge in [-0.05, 0) is 48.7 Å². The van der Waals surface area contributed by atoms with Crippen LogP contribution < -0.4 is 15.0 Å². The molecular formula is C21H22N2O5. The number of piperidine rings is 1. The Hall–Kier alpha value is -3.35. The summed E-state index contributed by atoms with van der Waals surface area (Å²) in [6, 6.07) is 11.4. The van der Waals surface area contributed by atoms with Crippen LogP contribution in [0.25, 0.3) is 0 Å². The number of carboxylic acid groups (broad SMARTS) is 1. The van der Waals surface area contributed by atoms with Crippen LogP contribution in [0.2, 0.25) is 0 Å². The van der Waals surface area contributed by atoms with Crippen LogP contribution in [-0.2, 0) is 16.0 Å².